The largest absolute Gasteiger partial charge is 0.456 e. The molecule has 3 aromatic heterocycles. The molecule has 0 atom stereocenters. The van der Waals surface area contributed by atoms with E-state index >= 15 is 0 Å². The SMILES string of the molecule is C=C1C=C(c2ccccc2)N(C)c2cc3c(cc21)B1c2c(ccc4c5cc6c(cc5n-3c24)oc2ccccc26)-c2cc3c(cc2N1c1ccc(C(C)(C)C)cc1)oc1ccccc13. The lowest BCUT2D eigenvalue weighted by Gasteiger charge is -2.43. The van der Waals surface area contributed by atoms with Crippen LogP contribution < -0.4 is 20.6 Å². The van der Waals surface area contributed by atoms with Gasteiger partial charge in [0.25, 0.3) is 0 Å². The minimum atomic E-state index is -0.169. The van der Waals surface area contributed by atoms with Crippen molar-refractivity contribution in [3.63, 3.8) is 0 Å². The van der Waals surface area contributed by atoms with E-state index in [0.29, 0.717) is 0 Å². The summed E-state index contributed by atoms with van der Waals surface area (Å²) in [5, 5.41) is 6.95. The van der Waals surface area contributed by atoms with Crippen LogP contribution in [0.25, 0.3) is 93.8 Å². The summed E-state index contributed by atoms with van der Waals surface area (Å²) < 4.78 is 15.8. The number of benzene rings is 8. The Bertz CT molecular complexity index is 3880. The number of hydrogen-bond donors (Lipinski definition) is 0. The van der Waals surface area contributed by atoms with Gasteiger partial charge in [-0.15, -0.1) is 0 Å². The molecule has 3 aliphatic heterocycles. The number of rotatable bonds is 2. The highest BCUT2D eigenvalue weighted by atomic mass is 16.3. The van der Waals surface area contributed by atoms with E-state index in [4.69, 9.17) is 15.4 Å². The number of anilines is 3. The Morgan fingerprint density at radius 2 is 1.22 bits per heavy atom. The molecule has 11 aromatic rings. The fourth-order valence-corrected chi connectivity index (χ4v) is 11.2. The lowest BCUT2D eigenvalue weighted by Crippen LogP contribution is -2.60. The summed E-state index contributed by atoms with van der Waals surface area (Å²) in [6.45, 7) is 11.4. The maximum atomic E-state index is 6.66. The van der Waals surface area contributed by atoms with E-state index in [1.54, 1.807) is 0 Å². The van der Waals surface area contributed by atoms with Crippen LogP contribution in [0.15, 0.2) is 173 Å². The monoisotopic (exact) mass is 809 g/mol. The van der Waals surface area contributed by atoms with E-state index in [0.717, 1.165) is 94.5 Å². The summed E-state index contributed by atoms with van der Waals surface area (Å²) in [5.74, 6) is 0. The van der Waals surface area contributed by atoms with Gasteiger partial charge in [0.15, 0.2) is 0 Å². The van der Waals surface area contributed by atoms with Gasteiger partial charge in [-0.1, -0.05) is 124 Å². The van der Waals surface area contributed by atoms with E-state index in [-0.39, 0.29) is 12.3 Å². The van der Waals surface area contributed by atoms with Crippen molar-refractivity contribution in [3.05, 3.63) is 181 Å². The zero-order chi connectivity index (χ0) is 42.0. The molecule has 8 aromatic carbocycles. The molecule has 0 bridgehead atoms. The van der Waals surface area contributed by atoms with Crippen molar-refractivity contribution in [2.45, 2.75) is 26.2 Å². The van der Waals surface area contributed by atoms with Crippen LogP contribution in [-0.2, 0) is 5.41 Å². The van der Waals surface area contributed by atoms with Crippen LogP contribution >= 0.6 is 0 Å². The lowest BCUT2D eigenvalue weighted by atomic mass is 9.43. The first kappa shape index (κ1) is 35.0. The molecule has 0 radical (unpaired) electrons. The number of allylic oxidation sites excluding steroid dienone is 2. The van der Waals surface area contributed by atoms with Crippen LogP contribution in [0.1, 0.15) is 37.5 Å². The van der Waals surface area contributed by atoms with Crippen molar-refractivity contribution < 1.29 is 8.83 Å². The molecule has 0 saturated carbocycles. The number of fused-ring (bicyclic) bond motifs is 15. The Kier molecular flexibility index (Phi) is 6.67. The smallest absolute Gasteiger partial charge is 0.333 e. The van der Waals surface area contributed by atoms with E-state index in [1.807, 2.05) is 6.07 Å². The van der Waals surface area contributed by atoms with Crippen molar-refractivity contribution in [2.75, 3.05) is 16.8 Å². The van der Waals surface area contributed by atoms with Crippen LogP contribution in [0.2, 0.25) is 0 Å². The van der Waals surface area contributed by atoms with Crippen molar-refractivity contribution >= 4 is 112 Å². The van der Waals surface area contributed by atoms with Crippen molar-refractivity contribution in [1.82, 2.24) is 4.57 Å². The zero-order valence-corrected chi connectivity index (χ0v) is 35.5. The predicted octanol–water partition coefficient (Wildman–Crippen LogP) is 13.6. The minimum Gasteiger partial charge on any atom is -0.456 e. The molecule has 6 heterocycles. The van der Waals surface area contributed by atoms with Gasteiger partial charge < -0.3 is 23.1 Å². The fourth-order valence-electron chi connectivity index (χ4n) is 11.2. The number of para-hydroxylation sites is 2. The first-order valence-corrected chi connectivity index (χ1v) is 21.9. The Labute approximate surface area is 364 Å². The van der Waals surface area contributed by atoms with Crippen LogP contribution in [0.4, 0.5) is 17.1 Å². The average Bonchev–Trinajstić information content (AvgIpc) is 3.96. The Balaban J connectivity index is 1.13. The fraction of sp³-hybridized carbons (Fsp3) is 0.0877. The van der Waals surface area contributed by atoms with Gasteiger partial charge in [0.1, 0.15) is 22.3 Å². The molecule has 298 valence electrons. The van der Waals surface area contributed by atoms with Gasteiger partial charge in [-0.05, 0) is 87.1 Å². The summed E-state index contributed by atoms with van der Waals surface area (Å²) in [4.78, 5) is 4.92. The third kappa shape index (κ3) is 4.62. The van der Waals surface area contributed by atoms with E-state index < -0.39 is 0 Å². The highest BCUT2D eigenvalue weighted by Crippen LogP contribution is 2.50. The summed E-state index contributed by atoms with van der Waals surface area (Å²) in [5.41, 5.74) is 21.1. The molecule has 0 amide bonds. The third-order valence-corrected chi connectivity index (χ3v) is 14.2. The average molecular weight is 810 g/mol. The summed E-state index contributed by atoms with van der Waals surface area (Å²) in [6.07, 6.45) is 2.24. The molecule has 63 heavy (non-hydrogen) atoms. The minimum absolute atomic E-state index is 0.0119. The number of nitrogens with zero attached hydrogens (tertiary/aromatic N) is 3. The van der Waals surface area contributed by atoms with Gasteiger partial charge in [-0.3, -0.25) is 0 Å². The number of hydrogen-bond acceptors (Lipinski definition) is 4. The Hall–Kier alpha value is -7.70. The summed E-state index contributed by atoms with van der Waals surface area (Å²) in [6, 6.07) is 55.6. The van der Waals surface area contributed by atoms with Crippen molar-refractivity contribution in [1.29, 1.82) is 0 Å². The molecule has 0 spiro atoms. The van der Waals surface area contributed by atoms with E-state index in [9.17, 15) is 0 Å². The second-order valence-corrected chi connectivity index (χ2v) is 18.7. The van der Waals surface area contributed by atoms with E-state index in [2.05, 4.69) is 194 Å². The third-order valence-electron chi connectivity index (χ3n) is 14.2. The maximum Gasteiger partial charge on any atom is 0.333 e. The summed E-state index contributed by atoms with van der Waals surface area (Å²) in [7, 11) is 2.19. The molecule has 3 aliphatic rings. The molecule has 6 heteroatoms. The lowest BCUT2D eigenvalue weighted by molar-refractivity contribution is 0.590. The topological polar surface area (TPSA) is 37.7 Å². The second kappa shape index (κ2) is 12.0. The molecule has 0 unspecified atom stereocenters. The van der Waals surface area contributed by atoms with Gasteiger partial charge >= 0.3 is 6.85 Å². The van der Waals surface area contributed by atoms with Gasteiger partial charge in [0.2, 0.25) is 0 Å². The van der Waals surface area contributed by atoms with Gasteiger partial charge in [-0.25, -0.2) is 0 Å². The quantitative estimate of drug-likeness (QED) is 0.163. The molecule has 0 aliphatic carbocycles. The van der Waals surface area contributed by atoms with Gasteiger partial charge in [-0.2, -0.15) is 0 Å². The first-order chi connectivity index (χ1) is 30.7. The molecule has 14 rings (SSSR count). The normalized spacial score (nSPS) is 14.4. The number of furan rings is 2. The Morgan fingerprint density at radius 3 is 1.95 bits per heavy atom. The standard InChI is InChI=1S/C57H40BN3O2/c1-32-25-46(33-13-7-6-8-14-33)59(5)47-29-50-45(28-40(32)47)58-55-38(23-24-39-42-27-44-37-16-10-11-17-51(37)62-53(44)30-48(42)60(50)56(39)55)41-26-43-36-15-9-12-18-52(36)63-54(43)31-49(41)61(58)35-21-19-34(20-22-35)57(2,3)4/h6-31H,1H2,2-5H3. The molecule has 0 saturated heterocycles. The first-order valence-electron chi connectivity index (χ1n) is 21.9. The van der Waals surface area contributed by atoms with Gasteiger partial charge in [0, 0.05) is 85.4 Å². The van der Waals surface area contributed by atoms with Crippen molar-refractivity contribution in [2.24, 2.45) is 0 Å². The maximum absolute atomic E-state index is 6.66. The van der Waals surface area contributed by atoms with Crippen LogP contribution in [-0.4, -0.2) is 18.5 Å². The predicted molar refractivity (Wildman–Crippen MR) is 265 cm³/mol. The molecular formula is C57H40BN3O2. The summed E-state index contributed by atoms with van der Waals surface area (Å²) >= 11 is 0. The van der Waals surface area contributed by atoms with E-state index in [1.165, 1.54) is 43.9 Å². The number of aromatic nitrogens is 1. The highest BCUT2D eigenvalue weighted by molar-refractivity contribution is 6.93. The zero-order valence-electron chi connectivity index (χ0n) is 35.5. The van der Waals surface area contributed by atoms with Gasteiger partial charge in [0.05, 0.1) is 16.7 Å². The molecule has 5 nitrogen and oxygen atoms in total. The molecular weight excluding hydrogens is 769 g/mol. The van der Waals surface area contributed by atoms with Crippen LogP contribution in [0.5, 0.6) is 0 Å². The molecule has 0 N–H and O–H groups in total. The second-order valence-electron chi connectivity index (χ2n) is 18.7. The van der Waals surface area contributed by atoms with Crippen LogP contribution in [0, 0.1) is 0 Å². The van der Waals surface area contributed by atoms with Crippen LogP contribution in [0.3, 0.4) is 0 Å². The highest BCUT2D eigenvalue weighted by Gasteiger charge is 2.45. The molecule has 0 fully saturated rings. The Morgan fingerprint density at radius 1 is 0.540 bits per heavy atom. The van der Waals surface area contributed by atoms with Crippen molar-refractivity contribution in [3.8, 4) is 16.8 Å².